The third-order valence-electron chi connectivity index (χ3n) is 4.39. The van der Waals surface area contributed by atoms with Crippen LogP contribution in [0.15, 0.2) is 17.5 Å². The van der Waals surface area contributed by atoms with Crippen LogP contribution in [0.25, 0.3) is 0 Å². The molecule has 0 radical (unpaired) electrons. The highest BCUT2D eigenvalue weighted by molar-refractivity contribution is 7.10. The predicted molar refractivity (Wildman–Crippen MR) is 93.9 cm³/mol. The van der Waals surface area contributed by atoms with Crippen LogP contribution in [0.1, 0.15) is 40.7 Å². The van der Waals surface area contributed by atoms with Crippen molar-refractivity contribution in [3.63, 3.8) is 0 Å². The molecule has 0 spiro atoms. The zero-order chi connectivity index (χ0) is 16.4. The molecule has 2 aromatic heterocycles. The molecule has 124 valence electrons. The number of rotatable bonds is 6. The first-order chi connectivity index (χ1) is 11.1. The first-order valence-corrected chi connectivity index (χ1v) is 8.81. The Labute approximate surface area is 141 Å². The quantitative estimate of drug-likeness (QED) is 0.881. The molecule has 0 unspecified atom stereocenters. The van der Waals surface area contributed by atoms with E-state index in [0.717, 1.165) is 36.7 Å². The second-order valence-corrected chi connectivity index (χ2v) is 7.31. The lowest BCUT2D eigenvalue weighted by atomic mass is 9.78. The van der Waals surface area contributed by atoms with Crippen LogP contribution in [0.3, 0.4) is 0 Å². The van der Waals surface area contributed by atoms with Crippen LogP contribution in [-0.2, 0) is 17.9 Å². The van der Waals surface area contributed by atoms with Gasteiger partial charge in [0, 0.05) is 42.8 Å². The third kappa shape index (κ3) is 3.71. The van der Waals surface area contributed by atoms with Crippen LogP contribution in [0.4, 0.5) is 5.82 Å². The molecule has 0 amide bonds. The predicted octanol–water partition coefficient (Wildman–Crippen LogP) is 2.83. The van der Waals surface area contributed by atoms with Gasteiger partial charge in [-0.3, -0.25) is 0 Å². The van der Waals surface area contributed by atoms with Crippen molar-refractivity contribution in [2.24, 2.45) is 5.73 Å². The summed E-state index contributed by atoms with van der Waals surface area (Å²) in [5.74, 6) is 2.16. The lowest BCUT2D eigenvalue weighted by molar-refractivity contribution is 0.177. The minimum absolute atomic E-state index is 0.316. The van der Waals surface area contributed by atoms with Gasteiger partial charge in [-0.1, -0.05) is 0 Å². The van der Waals surface area contributed by atoms with Gasteiger partial charge in [-0.05, 0) is 36.8 Å². The van der Waals surface area contributed by atoms with Crippen LogP contribution in [-0.4, -0.2) is 30.2 Å². The van der Waals surface area contributed by atoms with E-state index in [-0.39, 0.29) is 0 Å². The fourth-order valence-electron chi connectivity index (χ4n) is 2.87. The SMILES string of the molecule is COCc1nc(C2CC(N)C2)cc(N(C)Cc2sccc2C)n1. The number of hydrogen-bond donors (Lipinski definition) is 1. The molecular formula is C17H24N4OS. The van der Waals surface area contributed by atoms with E-state index < -0.39 is 0 Å². The maximum Gasteiger partial charge on any atom is 0.156 e. The molecule has 1 aliphatic carbocycles. The Morgan fingerprint density at radius 1 is 1.39 bits per heavy atom. The Kier molecular flexibility index (Phi) is 4.94. The molecule has 0 aliphatic heterocycles. The molecule has 0 atom stereocenters. The second kappa shape index (κ2) is 6.95. The summed E-state index contributed by atoms with van der Waals surface area (Å²) in [6.07, 6.45) is 2.02. The van der Waals surface area contributed by atoms with E-state index in [4.69, 9.17) is 10.5 Å². The fourth-order valence-corrected chi connectivity index (χ4v) is 3.83. The van der Waals surface area contributed by atoms with Gasteiger partial charge >= 0.3 is 0 Å². The van der Waals surface area contributed by atoms with Gasteiger partial charge in [0.1, 0.15) is 12.4 Å². The molecule has 0 bridgehead atoms. The van der Waals surface area contributed by atoms with E-state index in [1.54, 1.807) is 18.4 Å². The van der Waals surface area contributed by atoms with E-state index in [1.807, 2.05) is 0 Å². The Morgan fingerprint density at radius 3 is 2.78 bits per heavy atom. The fraction of sp³-hybridized carbons (Fsp3) is 0.529. The molecule has 1 aliphatic rings. The summed E-state index contributed by atoms with van der Waals surface area (Å²) >= 11 is 1.79. The average Bonchev–Trinajstić information content (AvgIpc) is 2.89. The molecular weight excluding hydrogens is 308 g/mol. The van der Waals surface area contributed by atoms with Gasteiger partial charge in [0.2, 0.25) is 0 Å². The van der Waals surface area contributed by atoms with Gasteiger partial charge < -0.3 is 15.4 Å². The number of anilines is 1. The molecule has 2 heterocycles. The molecule has 3 rings (SSSR count). The maximum absolute atomic E-state index is 5.93. The number of methoxy groups -OCH3 is 1. The summed E-state index contributed by atoms with van der Waals surface area (Å²) in [7, 11) is 3.75. The molecule has 2 aromatic rings. The van der Waals surface area contributed by atoms with Gasteiger partial charge in [0.05, 0.1) is 6.54 Å². The molecule has 1 fully saturated rings. The Morgan fingerprint density at radius 2 is 2.17 bits per heavy atom. The van der Waals surface area contributed by atoms with E-state index in [9.17, 15) is 0 Å². The van der Waals surface area contributed by atoms with Crippen molar-refractivity contribution in [2.75, 3.05) is 19.1 Å². The first kappa shape index (κ1) is 16.4. The average molecular weight is 332 g/mol. The number of aromatic nitrogens is 2. The lowest BCUT2D eigenvalue weighted by Gasteiger charge is -2.32. The standard InChI is InChI=1S/C17H24N4OS/c1-11-4-5-23-15(11)9-21(2)17-8-14(12-6-13(18)7-12)19-16(20-17)10-22-3/h4-5,8,12-13H,6-7,9-10,18H2,1-3H3. The van der Waals surface area contributed by atoms with Gasteiger partial charge in [-0.2, -0.15) is 0 Å². The van der Waals surface area contributed by atoms with Crippen molar-refractivity contribution in [3.05, 3.63) is 39.5 Å². The van der Waals surface area contributed by atoms with Crippen molar-refractivity contribution < 1.29 is 4.74 Å². The van der Waals surface area contributed by atoms with Crippen molar-refractivity contribution in [2.45, 2.75) is 44.9 Å². The highest BCUT2D eigenvalue weighted by Gasteiger charge is 2.29. The Hall–Kier alpha value is -1.50. The normalized spacial score (nSPS) is 20.3. The monoisotopic (exact) mass is 332 g/mol. The molecule has 0 saturated heterocycles. The highest BCUT2D eigenvalue weighted by Crippen LogP contribution is 2.35. The number of aryl methyl sites for hydroxylation is 1. The molecule has 0 aromatic carbocycles. The number of thiophene rings is 1. The molecule has 2 N–H and O–H groups in total. The summed E-state index contributed by atoms with van der Waals surface area (Å²) in [6, 6.07) is 4.58. The van der Waals surface area contributed by atoms with Gasteiger partial charge in [-0.15, -0.1) is 11.3 Å². The van der Waals surface area contributed by atoms with Crippen LogP contribution >= 0.6 is 11.3 Å². The second-order valence-electron chi connectivity index (χ2n) is 6.31. The van der Waals surface area contributed by atoms with Crippen LogP contribution in [0.5, 0.6) is 0 Å². The van der Waals surface area contributed by atoms with Crippen molar-refractivity contribution in [3.8, 4) is 0 Å². The summed E-state index contributed by atoms with van der Waals surface area (Å²) < 4.78 is 5.23. The lowest BCUT2D eigenvalue weighted by Crippen LogP contribution is -2.35. The number of nitrogens with zero attached hydrogens (tertiary/aromatic N) is 3. The summed E-state index contributed by atoms with van der Waals surface area (Å²) in [6.45, 7) is 3.44. The van der Waals surface area contributed by atoms with E-state index in [2.05, 4.69) is 46.4 Å². The number of ether oxygens (including phenoxy) is 1. The van der Waals surface area contributed by atoms with Crippen molar-refractivity contribution in [1.82, 2.24) is 9.97 Å². The van der Waals surface area contributed by atoms with Crippen LogP contribution in [0, 0.1) is 6.92 Å². The van der Waals surface area contributed by atoms with Gasteiger partial charge in [0.25, 0.3) is 0 Å². The molecule has 6 heteroatoms. The topological polar surface area (TPSA) is 64.3 Å². The number of hydrogen-bond acceptors (Lipinski definition) is 6. The van der Waals surface area contributed by atoms with Crippen LogP contribution < -0.4 is 10.6 Å². The van der Waals surface area contributed by atoms with Crippen molar-refractivity contribution >= 4 is 17.2 Å². The van der Waals surface area contributed by atoms with E-state index >= 15 is 0 Å². The zero-order valence-electron chi connectivity index (χ0n) is 14.0. The van der Waals surface area contributed by atoms with Gasteiger partial charge in [0.15, 0.2) is 5.82 Å². The van der Waals surface area contributed by atoms with Crippen molar-refractivity contribution in [1.29, 1.82) is 0 Å². The van der Waals surface area contributed by atoms with E-state index in [0.29, 0.717) is 18.6 Å². The zero-order valence-corrected chi connectivity index (χ0v) is 14.8. The van der Waals surface area contributed by atoms with E-state index in [1.165, 1.54) is 10.4 Å². The Bertz CT molecular complexity index is 666. The minimum atomic E-state index is 0.316. The molecule has 5 nitrogen and oxygen atoms in total. The molecule has 23 heavy (non-hydrogen) atoms. The highest BCUT2D eigenvalue weighted by atomic mass is 32.1. The Balaban J connectivity index is 1.83. The summed E-state index contributed by atoms with van der Waals surface area (Å²) in [4.78, 5) is 12.9. The summed E-state index contributed by atoms with van der Waals surface area (Å²) in [5.41, 5.74) is 8.36. The molecule has 1 saturated carbocycles. The number of nitrogens with two attached hydrogens (primary N) is 1. The van der Waals surface area contributed by atoms with Gasteiger partial charge in [-0.25, -0.2) is 9.97 Å². The third-order valence-corrected chi connectivity index (χ3v) is 5.39. The smallest absolute Gasteiger partial charge is 0.156 e. The largest absolute Gasteiger partial charge is 0.377 e. The van der Waals surface area contributed by atoms with Crippen LogP contribution in [0.2, 0.25) is 0 Å². The first-order valence-electron chi connectivity index (χ1n) is 7.93. The minimum Gasteiger partial charge on any atom is -0.377 e. The summed E-state index contributed by atoms with van der Waals surface area (Å²) in [5, 5.41) is 2.13. The maximum atomic E-state index is 5.93.